The zero-order valence-corrected chi connectivity index (χ0v) is 15.8. The number of nitrogens with zero attached hydrogens (tertiary/aromatic N) is 2. The van der Waals surface area contributed by atoms with Gasteiger partial charge in [0, 0.05) is 16.8 Å². The average Bonchev–Trinajstić information content (AvgIpc) is 2.65. The fourth-order valence-electron chi connectivity index (χ4n) is 2.24. The number of hydrogen-bond acceptors (Lipinski definition) is 7. The van der Waals surface area contributed by atoms with Gasteiger partial charge >= 0.3 is 0 Å². The minimum atomic E-state index is -3.58. The van der Waals surface area contributed by atoms with Crippen LogP contribution >= 0.6 is 11.6 Å². The van der Waals surface area contributed by atoms with Crippen LogP contribution in [0.5, 0.6) is 0 Å². The number of halogens is 1. The van der Waals surface area contributed by atoms with Gasteiger partial charge in [-0.3, -0.25) is 0 Å². The Morgan fingerprint density at radius 3 is 2.30 bits per heavy atom. The molecule has 0 unspecified atom stereocenters. The van der Waals surface area contributed by atoms with Gasteiger partial charge in [-0.05, 0) is 49.5 Å². The Kier molecular flexibility index (Phi) is 5.45. The van der Waals surface area contributed by atoms with Crippen LogP contribution < -0.4 is 21.1 Å². The van der Waals surface area contributed by atoms with E-state index in [0.29, 0.717) is 28.0 Å². The van der Waals surface area contributed by atoms with Gasteiger partial charge in [0.15, 0.2) is 0 Å². The number of nitrogens with one attached hydrogen (secondary N) is 3. The van der Waals surface area contributed by atoms with E-state index in [-0.39, 0.29) is 4.90 Å². The topological polar surface area (TPSA) is 122 Å². The fraction of sp³-hybridized carbons (Fsp3) is 0.0588. The van der Waals surface area contributed by atoms with Gasteiger partial charge in [-0.2, -0.15) is 0 Å². The number of rotatable bonds is 6. The first kappa shape index (κ1) is 18.9. The van der Waals surface area contributed by atoms with Crippen LogP contribution in [0, 0.1) is 0 Å². The predicted octanol–water partition coefficient (Wildman–Crippen LogP) is 3.11. The van der Waals surface area contributed by atoms with Crippen LogP contribution in [0.2, 0.25) is 5.02 Å². The van der Waals surface area contributed by atoms with Gasteiger partial charge in [0.05, 0.1) is 16.3 Å². The maximum atomic E-state index is 12.0. The summed E-state index contributed by atoms with van der Waals surface area (Å²) in [5.74, 6) is 1.000. The summed E-state index contributed by atoms with van der Waals surface area (Å²) in [6, 6.07) is 13.2. The van der Waals surface area contributed by atoms with Crippen molar-refractivity contribution in [2.45, 2.75) is 4.90 Å². The molecule has 0 atom stereocenters. The lowest BCUT2D eigenvalue weighted by Crippen LogP contribution is -2.18. The maximum Gasteiger partial charge on any atom is 0.240 e. The number of nitrogen functional groups attached to an aromatic ring is 1. The minimum absolute atomic E-state index is 0.0928. The quantitative estimate of drug-likeness (QED) is 0.465. The first-order chi connectivity index (χ1) is 12.9. The Bertz CT molecular complexity index is 1060. The van der Waals surface area contributed by atoms with Crippen LogP contribution in [-0.2, 0) is 10.0 Å². The van der Waals surface area contributed by atoms with E-state index < -0.39 is 10.0 Å². The van der Waals surface area contributed by atoms with E-state index in [1.54, 1.807) is 18.2 Å². The lowest BCUT2D eigenvalue weighted by Gasteiger charge is -2.12. The number of benzene rings is 2. The highest BCUT2D eigenvalue weighted by Crippen LogP contribution is 2.26. The molecule has 3 aromatic rings. The van der Waals surface area contributed by atoms with Crippen molar-refractivity contribution in [2.24, 2.45) is 0 Å². The first-order valence-electron chi connectivity index (χ1n) is 7.82. The van der Waals surface area contributed by atoms with Gasteiger partial charge in [0.2, 0.25) is 10.0 Å². The largest absolute Gasteiger partial charge is 0.397 e. The summed E-state index contributed by atoms with van der Waals surface area (Å²) < 4.78 is 26.2. The molecule has 0 bridgehead atoms. The third-order valence-electron chi connectivity index (χ3n) is 3.65. The molecule has 0 aliphatic heterocycles. The summed E-state index contributed by atoms with van der Waals surface area (Å²) in [5.41, 5.74) is 7.56. The van der Waals surface area contributed by atoms with Crippen molar-refractivity contribution in [1.82, 2.24) is 14.7 Å². The summed E-state index contributed by atoms with van der Waals surface area (Å²) in [7, 11) is -2.24. The molecule has 10 heteroatoms. The van der Waals surface area contributed by atoms with E-state index >= 15 is 0 Å². The molecule has 140 valence electrons. The van der Waals surface area contributed by atoms with E-state index in [4.69, 9.17) is 17.3 Å². The Morgan fingerprint density at radius 1 is 0.963 bits per heavy atom. The van der Waals surface area contributed by atoms with Crippen LogP contribution in [0.15, 0.2) is 59.8 Å². The molecule has 5 N–H and O–H groups in total. The molecule has 0 saturated heterocycles. The molecule has 0 aliphatic rings. The Hall–Kier alpha value is -2.88. The van der Waals surface area contributed by atoms with E-state index in [2.05, 4.69) is 25.3 Å². The van der Waals surface area contributed by atoms with Crippen LogP contribution in [0.25, 0.3) is 0 Å². The van der Waals surface area contributed by atoms with Crippen LogP contribution in [0.4, 0.5) is 28.7 Å². The van der Waals surface area contributed by atoms with Crippen LogP contribution in [0.3, 0.4) is 0 Å². The lowest BCUT2D eigenvalue weighted by atomic mass is 10.2. The average molecular weight is 405 g/mol. The number of sulfonamides is 1. The molecule has 0 saturated carbocycles. The van der Waals surface area contributed by atoms with Crippen molar-refractivity contribution in [3.63, 3.8) is 0 Å². The normalized spacial score (nSPS) is 11.2. The van der Waals surface area contributed by atoms with Crippen molar-refractivity contribution in [2.75, 3.05) is 23.4 Å². The smallest absolute Gasteiger partial charge is 0.240 e. The summed E-state index contributed by atoms with van der Waals surface area (Å²) in [4.78, 5) is 8.39. The van der Waals surface area contributed by atoms with Crippen LogP contribution in [0.1, 0.15) is 0 Å². The van der Waals surface area contributed by atoms with Crippen molar-refractivity contribution in [3.8, 4) is 0 Å². The molecule has 0 spiro atoms. The molecule has 1 heterocycles. The highest BCUT2D eigenvalue weighted by Gasteiger charge is 2.13. The third kappa shape index (κ3) is 4.64. The fourth-order valence-corrected chi connectivity index (χ4v) is 3.12. The molecule has 0 amide bonds. The zero-order chi connectivity index (χ0) is 19.4. The van der Waals surface area contributed by atoms with E-state index in [1.807, 2.05) is 12.1 Å². The number of hydrogen-bond donors (Lipinski definition) is 4. The first-order valence-corrected chi connectivity index (χ1v) is 9.68. The van der Waals surface area contributed by atoms with Gasteiger partial charge in [0.1, 0.15) is 18.0 Å². The lowest BCUT2D eigenvalue weighted by molar-refractivity contribution is 0.588. The Balaban J connectivity index is 1.84. The molecular formula is C17H17ClN6O2S. The summed E-state index contributed by atoms with van der Waals surface area (Å²) >= 11 is 5.88. The predicted molar refractivity (Wildman–Crippen MR) is 107 cm³/mol. The third-order valence-corrected chi connectivity index (χ3v) is 5.31. The van der Waals surface area contributed by atoms with Crippen molar-refractivity contribution in [3.05, 3.63) is 59.9 Å². The zero-order valence-electron chi connectivity index (χ0n) is 14.3. The van der Waals surface area contributed by atoms with Gasteiger partial charge in [-0.1, -0.05) is 11.6 Å². The highest BCUT2D eigenvalue weighted by atomic mass is 35.5. The minimum Gasteiger partial charge on any atom is -0.397 e. The van der Waals surface area contributed by atoms with Crippen molar-refractivity contribution < 1.29 is 8.42 Å². The molecule has 0 fully saturated rings. The number of aromatic nitrogens is 2. The van der Waals surface area contributed by atoms with Gasteiger partial charge < -0.3 is 16.4 Å². The van der Waals surface area contributed by atoms with E-state index in [0.717, 1.165) is 5.69 Å². The number of nitrogens with two attached hydrogens (primary N) is 1. The SMILES string of the molecule is CNS(=O)(=O)c1ccc(N)c(Nc2cc(Nc3ccc(Cl)cc3)ncn2)c1. The molecular weight excluding hydrogens is 388 g/mol. The second-order valence-corrected chi connectivity index (χ2v) is 7.82. The Labute approximate surface area is 161 Å². The van der Waals surface area contributed by atoms with Gasteiger partial charge in [-0.15, -0.1) is 0 Å². The summed E-state index contributed by atoms with van der Waals surface area (Å²) in [5, 5.41) is 6.78. The molecule has 3 rings (SSSR count). The maximum absolute atomic E-state index is 12.0. The monoisotopic (exact) mass is 404 g/mol. The van der Waals surface area contributed by atoms with Crippen molar-refractivity contribution in [1.29, 1.82) is 0 Å². The number of anilines is 5. The Morgan fingerprint density at radius 2 is 1.63 bits per heavy atom. The summed E-state index contributed by atoms with van der Waals surface area (Å²) in [6.45, 7) is 0. The van der Waals surface area contributed by atoms with Crippen molar-refractivity contribution >= 4 is 50.3 Å². The van der Waals surface area contributed by atoms with Crippen LogP contribution in [-0.4, -0.2) is 25.4 Å². The highest BCUT2D eigenvalue weighted by molar-refractivity contribution is 7.89. The molecule has 8 nitrogen and oxygen atoms in total. The van der Waals surface area contributed by atoms with E-state index in [1.165, 1.54) is 31.6 Å². The van der Waals surface area contributed by atoms with Gasteiger partial charge in [-0.25, -0.2) is 23.1 Å². The second-order valence-electron chi connectivity index (χ2n) is 5.50. The molecule has 2 aromatic carbocycles. The molecule has 0 radical (unpaired) electrons. The summed E-state index contributed by atoms with van der Waals surface area (Å²) in [6.07, 6.45) is 1.38. The van der Waals surface area contributed by atoms with Gasteiger partial charge in [0.25, 0.3) is 0 Å². The molecule has 1 aromatic heterocycles. The standard InChI is InChI=1S/C17H17ClN6O2S/c1-20-27(25,26)13-6-7-14(19)15(8-13)24-17-9-16(21-10-22-17)23-12-4-2-11(18)3-5-12/h2-10,20H,19H2,1H3,(H2,21,22,23,24). The second kappa shape index (κ2) is 7.78. The molecule has 27 heavy (non-hydrogen) atoms. The molecule has 0 aliphatic carbocycles. The van der Waals surface area contributed by atoms with E-state index in [9.17, 15) is 8.42 Å².